The SMILES string of the molecule is C=C1CCN(C(=O)OC(C)(C)C)C1(C[C@H](O)CCl)C(=O)OCC. The van der Waals surface area contributed by atoms with Gasteiger partial charge in [-0.15, -0.1) is 11.6 Å². The fraction of sp³-hybridized carbons (Fsp3) is 0.750. The number of carbonyl (C=O) groups is 2. The lowest BCUT2D eigenvalue weighted by atomic mass is 9.86. The molecule has 0 aromatic heterocycles. The second-order valence-electron chi connectivity index (χ2n) is 6.58. The molecule has 132 valence electrons. The molecule has 0 aromatic rings. The van der Waals surface area contributed by atoms with Crippen LogP contribution in [-0.2, 0) is 14.3 Å². The van der Waals surface area contributed by atoms with Gasteiger partial charge in [-0.1, -0.05) is 6.58 Å². The zero-order valence-corrected chi connectivity index (χ0v) is 15.0. The summed E-state index contributed by atoms with van der Waals surface area (Å²) in [6.45, 7) is 11.3. The van der Waals surface area contributed by atoms with Crippen molar-refractivity contribution < 1.29 is 24.2 Å². The summed E-state index contributed by atoms with van der Waals surface area (Å²) in [6.07, 6.45) is -1.23. The average molecular weight is 348 g/mol. The van der Waals surface area contributed by atoms with E-state index in [-0.39, 0.29) is 25.5 Å². The van der Waals surface area contributed by atoms with Gasteiger partial charge in [0.15, 0.2) is 5.54 Å². The fourth-order valence-electron chi connectivity index (χ4n) is 2.64. The minimum absolute atomic E-state index is 0.0589. The molecular weight excluding hydrogens is 322 g/mol. The minimum atomic E-state index is -1.44. The van der Waals surface area contributed by atoms with Crippen LogP contribution in [0.15, 0.2) is 12.2 Å². The second kappa shape index (κ2) is 7.53. The first-order valence-corrected chi connectivity index (χ1v) is 8.22. The highest BCUT2D eigenvalue weighted by Crippen LogP contribution is 2.39. The van der Waals surface area contributed by atoms with Crippen LogP contribution in [0.3, 0.4) is 0 Å². The highest BCUT2D eigenvalue weighted by atomic mass is 35.5. The molecule has 0 bridgehead atoms. The number of hydrogen-bond acceptors (Lipinski definition) is 5. The Morgan fingerprint density at radius 1 is 1.48 bits per heavy atom. The Kier molecular flexibility index (Phi) is 6.48. The van der Waals surface area contributed by atoms with Crippen molar-refractivity contribution in [2.75, 3.05) is 19.0 Å². The zero-order valence-electron chi connectivity index (χ0n) is 14.2. The summed E-state index contributed by atoms with van der Waals surface area (Å²) in [5, 5.41) is 9.99. The van der Waals surface area contributed by atoms with Gasteiger partial charge in [0, 0.05) is 18.8 Å². The summed E-state index contributed by atoms with van der Waals surface area (Å²) in [6, 6.07) is 0. The van der Waals surface area contributed by atoms with Crippen LogP contribution >= 0.6 is 11.6 Å². The highest BCUT2D eigenvalue weighted by molar-refractivity contribution is 6.18. The van der Waals surface area contributed by atoms with Gasteiger partial charge in [-0.05, 0) is 39.7 Å². The molecule has 1 saturated heterocycles. The Morgan fingerprint density at radius 3 is 2.57 bits per heavy atom. The predicted molar refractivity (Wildman–Crippen MR) is 87.4 cm³/mol. The van der Waals surface area contributed by atoms with E-state index in [9.17, 15) is 14.7 Å². The predicted octanol–water partition coefficient (Wildman–Crippen LogP) is 2.48. The van der Waals surface area contributed by atoms with Crippen LogP contribution in [0, 0.1) is 0 Å². The molecule has 2 atom stereocenters. The molecule has 23 heavy (non-hydrogen) atoms. The van der Waals surface area contributed by atoms with E-state index in [4.69, 9.17) is 21.1 Å². The van der Waals surface area contributed by atoms with E-state index < -0.39 is 29.3 Å². The molecule has 0 aromatic carbocycles. The van der Waals surface area contributed by atoms with Crippen LogP contribution in [-0.4, -0.2) is 58.3 Å². The van der Waals surface area contributed by atoms with Crippen molar-refractivity contribution in [3.8, 4) is 0 Å². The molecule has 0 spiro atoms. The van der Waals surface area contributed by atoms with Crippen molar-refractivity contribution in [1.29, 1.82) is 0 Å². The third-order valence-electron chi connectivity index (χ3n) is 3.62. The quantitative estimate of drug-likeness (QED) is 0.469. The van der Waals surface area contributed by atoms with E-state index in [1.54, 1.807) is 27.7 Å². The summed E-state index contributed by atoms with van der Waals surface area (Å²) < 4.78 is 10.5. The number of ether oxygens (including phenoxy) is 2. The van der Waals surface area contributed by atoms with Crippen molar-refractivity contribution >= 4 is 23.7 Å². The monoisotopic (exact) mass is 347 g/mol. The maximum absolute atomic E-state index is 12.6. The Hall–Kier alpha value is -1.27. The van der Waals surface area contributed by atoms with Crippen LogP contribution in [0.4, 0.5) is 4.79 Å². The van der Waals surface area contributed by atoms with Gasteiger partial charge in [0.25, 0.3) is 0 Å². The molecule has 0 radical (unpaired) electrons. The van der Waals surface area contributed by atoms with Crippen molar-refractivity contribution in [1.82, 2.24) is 4.90 Å². The van der Waals surface area contributed by atoms with E-state index in [1.807, 2.05) is 0 Å². The fourth-order valence-corrected chi connectivity index (χ4v) is 2.75. The summed E-state index contributed by atoms with van der Waals surface area (Å²) in [5.74, 6) is -0.672. The largest absolute Gasteiger partial charge is 0.464 e. The maximum Gasteiger partial charge on any atom is 0.411 e. The van der Waals surface area contributed by atoms with Crippen molar-refractivity contribution in [2.24, 2.45) is 0 Å². The molecule has 1 heterocycles. The Bertz CT molecular complexity index is 474. The molecule has 6 nitrogen and oxygen atoms in total. The van der Waals surface area contributed by atoms with Gasteiger partial charge >= 0.3 is 12.1 Å². The lowest BCUT2D eigenvalue weighted by Gasteiger charge is -2.38. The number of amides is 1. The lowest BCUT2D eigenvalue weighted by molar-refractivity contribution is -0.155. The standard InChI is InChI=1S/C16H26ClNO5/c1-6-22-13(20)16(9-12(19)10-17)11(2)7-8-18(16)14(21)23-15(3,4)5/h12,19H,2,6-10H2,1,3-5H3/t12-,16?/m0/s1. The molecule has 1 unspecified atom stereocenters. The van der Waals surface area contributed by atoms with Crippen molar-refractivity contribution in [2.45, 2.75) is 57.8 Å². The number of aliphatic hydroxyl groups excluding tert-OH is 1. The molecule has 0 saturated carbocycles. The molecule has 1 aliphatic rings. The van der Waals surface area contributed by atoms with E-state index in [1.165, 1.54) is 4.90 Å². The number of esters is 1. The Morgan fingerprint density at radius 2 is 2.09 bits per heavy atom. The average Bonchev–Trinajstić information content (AvgIpc) is 2.75. The number of likely N-dealkylation sites (tertiary alicyclic amines) is 1. The third kappa shape index (κ3) is 4.38. The molecule has 1 fully saturated rings. The third-order valence-corrected chi connectivity index (χ3v) is 3.98. The van der Waals surface area contributed by atoms with Crippen LogP contribution in [0.25, 0.3) is 0 Å². The normalized spacial score (nSPS) is 22.9. The van der Waals surface area contributed by atoms with Crippen molar-refractivity contribution in [3.63, 3.8) is 0 Å². The second-order valence-corrected chi connectivity index (χ2v) is 6.89. The van der Waals surface area contributed by atoms with Gasteiger partial charge < -0.3 is 14.6 Å². The summed E-state index contributed by atoms with van der Waals surface area (Å²) in [7, 11) is 0. The number of aliphatic hydroxyl groups is 1. The van der Waals surface area contributed by atoms with E-state index in [0.29, 0.717) is 12.0 Å². The van der Waals surface area contributed by atoms with Crippen LogP contribution < -0.4 is 0 Å². The minimum Gasteiger partial charge on any atom is -0.464 e. The van der Waals surface area contributed by atoms with Crippen LogP contribution in [0.1, 0.15) is 40.5 Å². The van der Waals surface area contributed by atoms with E-state index in [0.717, 1.165) is 0 Å². The van der Waals surface area contributed by atoms with Gasteiger partial charge in [-0.25, -0.2) is 9.59 Å². The lowest BCUT2D eigenvalue weighted by Crippen LogP contribution is -2.57. The summed E-state index contributed by atoms with van der Waals surface area (Å²) >= 11 is 5.69. The number of halogens is 1. The Balaban J connectivity index is 3.22. The number of alkyl halides is 1. The number of hydrogen-bond donors (Lipinski definition) is 1. The molecule has 1 rings (SSSR count). The molecule has 0 aliphatic carbocycles. The van der Waals surface area contributed by atoms with Gasteiger partial charge in [0.05, 0.1) is 12.7 Å². The number of nitrogens with zero attached hydrogens (tertiary/aromatic N) is 1. The van der Waals surface area contributed by atoms with Gasteiger partial charge in [0.2, 0.25) is 0 Å². The van der Waals surface area contributed by atoms with E-state index >= 15 is 0 Å². The van der Waals surface area contributed by atoms with Gasteiger partial charge in [-0.2, -0.15) is 0 Å². The van der Waals surface area contributed by atoms with Gasteiger partial charge in [0.1, 0.15) is 5.60 Å². The smallest absolute Gasteiger partial charge is 0.411 e. The molecule has 7 heteroatoms. The number of rotatable bonds is 5. The molecular formula is C16H26ClNO5. The van der Waals surface area contributed by atoms with E-state index in [2.05, 4.69) is 6.58 Å². The first-order valence-electron chi connectivity index (χ1n) is 7.68. The van der Waals surface area contributed by atoms with Crippen LogP contribution in [0.5, 0.6) is 0 Å². The first-order chi connectivity index (χ1) is 10.6. The summed E-state index contributed by atoms with van der Waals surface area (Å²) in [4.78, 5) is 26.5. The maximum atomic E-state index is 12.6. The number of carbonyl (C=O) groups excluding carboxylic acids is 2. The first kappa shape index (κ1) is 19.8. The molecule has 1 aliphatic heterocycles. The van der Waals surface area contributed by atoms with Crippen LogP contribution in [0.2, 0.25) is 0 Å². The van der Waals surface area contributed by atoms with Gasteiger partial charge in [-0.3, -0.25) is 4.90 Å². The Labute approximate surface area is 142 Å². The topological polar surface area (TPSA) is 76.1 Å². The molecule has 1 N–H and O–H groups in total. The molecule has 1 amide bonds. The zero-order chi connectivity index (χ0) is 17.8. The van der Waals surface area contributed by atoms with Crippen molar-refractivity contribution in [3.05, 3.63) is 12.2 Å². The highest BCUT2D eigenvalue weighted by Gasteiger charge is 2.55. The summed E-state index contributed by atoms with van der Waals surface area (Å²) in [5.41, 5.74) is -1.62.